The lowest BCUT2D eigenvalue weighted by Crippen LogP contribution is -2.40. The molecule has 7 heteroatoms. The van der Waals surface area contributed by atoms with Crippen molar-refractivity contribution in [3.63, 3.8) is 0 Å². The zero-order chi connectivity index (χ0) is 17.1. The monoisotopic (exact) mass is 345 g/mol. The van der Waals surface area contributed by atoms with Crippen LogP contribution in [0.4, 0.5) is 5.69 Å². The van der Waals surface area contributed by atoms with E-state index >= 15 is 0 Å². The van der Waals surface area contributed by atoms with Gasteiger partial charge < -0.3 is 14.9 Å². The molecule has 1 amide bonds. The quantitative estimate of drug-likeness (QED) is 0.925. The van der Waals surface area contributed by atoms with Crippen LogP contribution >= 0.6 is 11.6 Å². The molecule has 2 aromatic rings. The number of amidine groups is 1. The van der Waals surface area contributed by atoms with E-state index < -0.39 is 6.23 Å². The van der Waals surface area contributed by atoms with Gasteiger partial charge in [0, 0.05) is 23.3 Å². The van der Waals surface area contributed by atoms with E-state index in [9.17, 15) is 4.79 Å². The van der Waals surface area contributed by atoms with E-state index in [0.717, 1.165) is 17.0 Å². The summed E-state index contributed by atoms with van der Waals surface area (Å²) in [5, 5.41) is 7.15. The largest absolute Gasteiger partial charge is 0.497 e. The van der Waals surface area contributed by atoms with Crippen molar-refractivity contribution in [2.24, 2.45) is 5.16 Å². The van der Waals surface area contributed by atoms with Crippen molar-refractivity contribution in [2.75, 3.05) is 19.1 Å². The van der Waals surface area contributed by atoms with Gasteiger partial charge in [0.15, 0.2) is 0 Å². The number of hydrogen-bond donors (Lipinski definition) is 1. The van der Waals surface area contributed by atoms with Gasteiger partial charge in [0.2, 0.25) is 12.1 Å². The molecular weight excluding hydrogens is 330 g/mol. The molecule has 0 radical (unpaired) electrons. The highest BCUT2D eigenvalue weighted by Crippen LogP contribution is 2.34. The number of halogens is 1. The van der Waals surface area contributed by atoms with Crippen LogP contribution < -0.4 is 15.0 Å². The Morgan fingerprint density at radius 2 is 1.88 bits per heavy atom. The predicted molar refractivity (Wildman–Crippen MR) is 92.3 cm³/mol. The van der Waals surface area contributed by atoms with Crippen molar-refractivity contribution in [1.29, 1.82) is 0 Å². The van der Waals surface area contributed by atoms with E-state index in [0.29, 0.717) is 5.02 Å². The van der Waals surface area contributed by atoms with Crippen molar-refractivity contribution < 1.29 is 14.4 Å². The standard InChI is InChI=1S/C17H16ClN3O3/c1-19-16(22)15-20-24-17(11-3-5-12(18)6-4-11)21(15)13-7-9-14(23-2)10-8-13/h3-10,17H,1-2H3,(H,19,22). The fraction of sp³-hybridized carbons (Fsp3) is 0.176. The Balaban J connectivity index is 1.99. The second-order valence-corrected chi connectivity index (χ2v) is 5.51. The summed E-state index contributed by atoms with van der Waals surface area (Å²) >= 11 is 5.95. The lowest BCUT2D eigenvalue weighted by atomic mass is 10.1. The van der Waals surface area contributed by atoms with Gasteiger partial charge in [-0.3, -0.25) is 9.69 Å². The molecule has 6 nitrogen and oxygen atoms in total. The first-order valence-electron chi connectivity index (χ1n) is 7.28. The summed E-state index contributed by atoms with van der Waals surface area (Å²) in [6.07, 6.45) is -0.553. The minimum Gasteiger partial charge on any atom is -0.497 e. The van der Waals surface area contributed by atoms with Crippen molar-refractivity contribution >= 4 is 29.0 Å². The van der Waals surface area contributed by atoms with Gasteiger partial charge >= 0.3 is 0 Å². The van der Waals surface area contributed by atoms with Crippen LogP contribution in [0.5, 0.6) is 5.75 Å². The van der Waals surface area contributed by atoms with E-state index in [4.69, 9.17) is 21.2 Å². The number of oxime groups is 1. The molecule has 0 aliphatic carbocycles. The molecule has 1 unspecified atom stereocenters. The topological polar surface area (TPSA) is 63.2 Å². The number of anilines is 1. The number of nitrogens with zero attached hydrogens (tertiary/aromatic N) is 2. The molecule has 2 aromatic carbocycles. The highest BCUT2D eigenvalue weighted by atomic mass is 35.5. The van der Waals surface area contributed by atoms with E-state index in [1.54, 1.807) is 31.2 Å². The van der Waals surface area contributed by atoms with Gasteiger partial charge in [0.1, 0.15) is 5.75 Å². The highest BCUT2D eigenvalue weighted by molar-refractivity contribution is 6.43. The van der Waals surface area contributed by atoms with Gasteiger partial charge in [0.25, 0.3) is 5.91 Å². The highest BCUT2D eigenvalue weighted by Gasteiger charge is 2.36. The zero-order valence-electron chi connectivity index (χ0n) is 13.2. The maximum Gasteiger partial charge on any atom is 0.290 e. The van der Waals surface area contributed by atoms with Crippen molar-refractivity contribution in [3.8, 4) is 5.75 Å². The van der Waals surface area contributed by atoms with Crippen LogP contribution in [0.25, 0.3) is 0 Å². The fourth-order valence-corrected chi connectivity index (χ4v) is 2.53. The van der Waals surface area contributed by atoms with E-state index in [-0.39, 0.29) is 11.7 Å². The van der Waals surface area contributed by atoms with E-state index in [1.807, 2.05) is 36.4 Å². The molecule has 1 N–H and O–H groups in total. The number of amides is 1. The molecule has 1 aliphatic heterocycles. The average molecular weight is 346 g/mol. The fourth-order valence-electron chi connectivity index (χ4n) is 2.40. The minimum atomic E-state index is -0.553. The van der Waals surface area contributed by atoms with Crippen LogP contribution in [0.15, 0.2) is 53.7 Å². The number of carbonyl (C=O) groups is 1. The number of hydrogen-bond acceptors (Lipinski definition) is 5. The van der Waals surface area contributed by atoms with E-state index in [1.165, 1.54) is 0 Å². The maximum absolute atomic E-state index is 12.1. The summed E-state index contributed by atoms with van der Waals surface area (Å²) in [5.41, 5.74) is 1.59. The van der Waals surface area contributed by atoms with Crippen LogP contribution in [0.1, 0.15) is 11.8 Å². The summed E-state index contributed by atoms with van der Waals surface area (Å²) in [6, 6.07) is 14.5. The van der Waals surface area contributed by atoms with Gasteiger partial charge in [-0.15, -0.1) is 0 Å². The molecule has 0 saturated heterocycles. The Bertz CT molecular complexity index is 760. The third kappa shape index (κ3) is 3.00. The summed E-state index contributed by atoms with van der Waals surface area (Å²) < 4.78 is 5.18. The first kappa shape index (κ1) is 16.1. The number of likely N-dealkylation sites (N-methyl/N-ethyl adjacent to an activating group) is 1. The van der Waals surface area contributed by atoms with Crippen LogP contribution in [-0.4, -0.2) is 25.9 Å². The van der Waals surface area contributed by atoms with Gasteiger partial charge in [0.05, 0.1) is 7.11 Å². The number of benzene rings is 2. The number of carbonyl (C=O) groups excluding carboxylic acids is 1. The molecule has 24 heavy (non-hydrogen) atoms. The molecule has 0 fully saturated rings. The summed E-state index contributed by atoms with van der Waals surface area (Å²) in [4.78, 5) is 19.4. The number of ether oxygens (including phenoxy) is 1. The van der Waals surface area contributed by atoms with Crippen LogP contribution in [0, 0.1) is 0 Å². The average Bonchev–Trinajstić information content (AvgIpc) is 3.06. The van der Waals surface area contributed by atoms with Gasteiger partial charge in [-0.25, -0.2) is 0 Å². The van der Waals surface area contributed by atoms with Gasteiger partial charge in [-0.2, -0.15) is 0 Å². The number of nitrogens with one attached hydrogen (secondary N) is 1. The molecule has 0 spiro atoms. The second kappa shape index (κ2) is 6.80. The van der Waals surface area contributed by atoms with Crippen molar-refractivity contribution in [2.45, 2.75) is 6.23 Å². The normalized spacial score (nSPS) is 16.4. The summed E-state index contributed by atoms with van der Waals surface area (Å²) in [5.74, 6) is 0.574. The molecule has 0 aromatic heterocycles. The molecule has 3 rings (SSSR count). The molecule has 1 aliphatic rings. The van der Waals surface area contributed by atoms with Crippen LogP contribution in [0.3, 0.4) is 0 Å². The molecular formula is C17H16ClN3O3. The minimum absolute atomic E-state index is 0.183. The summed E-state index contributed by atoms with van der Waals surface area (Å²) in [7, 11) is 3.15. The van der Waals surface area contributed by atoms with Crippen molar-refractivity contribution in [1.82, 2.24) is 5.32 Å². The van der Waals surface area contributed by atoms with Crippen LogP contribution in [-0.2, 0) is 9.63 Å². The smallest absolute Gasteiger partial charge is 0.290 e. The Kier molecular flexibility index (Phi) is 4.57. The van der Waals surface area contributed by atoms with Gasteiger partial charge in [-0.1, -0.05) is 28.9 Å². The summed E-state index contributed by atoms with van der Waals surface area (Å²) in [6.45, 7) is 0. The molecule has 1 heterocycles. The maximum atomic E-state index is 12.1. The molecule has 0 saturated carbocycles. The third-order valence-corrected chi connectivity index (χ3v) is 3.89. The SMILES string of the molecule is CNC(=O)C1=NOC(c2ccc(Cl)cc2)N1c1ccc(OC)cc1. The Hall–Kier alpha value is -2.73. The van der Waals surface area contributed by atoms with Gasteiger partial charge in [-0.05, 0) is 36.4 Å². The molecule has 0 bridgehead atoms. The number of rotatable bonds is 4. The molecule has 124 valence electrons. The zero-order valence-corrected chi connectivity index (χ0v) is 13.9. The van der Waals surface area contributed by atoms with E-state index in [2.05, 4.69) is 10.5 Å². The van der Waals surface area contributed by atoms with Crippen LogP contribution in [0.2, 0.25) is 5.02 Å². The Morgan fingerprint density at radius 3 is 2.46 bits per heavy atom. The Morgan fingerprint density at radius 1 is 1.21 bits per heavy atom. The second-order valence-electron chi connectivity index (χ2n) is 5.07. The first-order valence-corrected chi connectivity index (χ1v) is 7.66. The number of methoxy groups -OCH3 is 1. The molecule has 1 atom stereocenters. The lowest BCUT2D eigenvalue weighted by Gasteiger charge is -2.25. The first-order chi connectivity index (χ1) is 11.6. The van der Waals surface area contributed by atoms with Crippen molar-refractivity contribution in [3.05, 3.63) is 59.1 Å². The Labute approximate surface area is 144 Å². The lowest BCUT2D eigenvalue weighted by molar-refractivity contribution is -0.114. The predicted octanol–water partition coefficient (Wildman–Crippen LogP) is 2.94. The third-order valence-electron chi connectivity index (χ3n) is 3.64.